The summed E-state index contributed by atoms with van der Waals surface area (Å²) in [6.45, 7) is 1.23. The first-order chi connectivity index (χ1) is 13.8. The lowest BCUT2D eigenvalue weighted by Crippen LogP contribution is -2.53. The van der Waals surface area contributed by atoms with Gasteiger partial charge in [-0.1, -0.05) is 0 Å². The van der Waals surface area contributed by atoms with E-state index in [0.717, 1.165) is 9.80 Å². The predicted molar refractivity (Wildman–Crippen MR) is 103 cm³/mol. The van der Waals surface area contributed by atoms with E-state index in [-0.39, 0.29) is 54.5 Å². The number of piperazine rings is 1. The molecule has 3 rings (SSSR count). The maximum absolute atomic E-state index is 12.4. The maximum atomic E-state index is 12.4. The minimum absolute atomic E-state index is 0.00111. The highest BCUT2D eigenvalue weighted by Gasteiger charge is 2.33. The second-order valence-electron chi connectivity index (χ2n) is 6.67. The van der Waals surface area contributed by atoms with E-state index in [0.29, 0.717) is 26.2 Å². The molecule has 154 valence electrons. The molecule has 1 aromatic carbocycles. The van der Waals surface area contributed by atoms with E-state index in [2.05, 4.69) is 0 Å². The van der Waals surface area contributed by atoms with Crippen molar-refractivity contribution >= 4 is 41.1 Å². The van der Waals surface area contributed by atoms with Crippen LogP contribution in [0.1, 0.15) is 12.8 Å². The van der Waals surface area contributed by atoms with Crippen LogP contribution in [-0.4, -0.2) is 81.7 Å². The number of thioether (sulfide) groups is 1. The van der Waals surface area contributed by atoms with Crippen LogP contribution in [0, 0.1) is 10.1 Å². The van der Waals surface area contributed by atoms with Crippen molar-refractivity contribution in [3.63, 3.8) is 0 Å². The van der Waals surface area contributed by atoms with Crippen LogP contribution < -0.4 is 0 Å². The molecule has 10 nitrogen and oxygen atoms in total. The molecule has 0 saturated carbocycles. The van der Waals surface area contributed by atoms with Crippen LogP contribution in [-0.2, 0) is 19.2 Å². The molecule has 1 aromatic rings. The number of nitro benzene ring substituents is 1. The number of nitrogens with zero attached hydrogens (tertiary/aromatic N) is 4. The second-order valence-corrected chi connectivity index (χ2v) is 7.72. The highest BCUT2D eigenvalue weighted by molar-refractivity contribution is 8.00. The molecular formula is C18H20N4O6S. The standard InChI is InChI=1S/C18H20N4O6S/c23-15-5-6-16(24)21(15)11-17(25)19-7-9-20(10-8-19)18(26)12-29-14-3-1-13(2-4-14)22(27)28/h1-4H,5-12H2. The lowest BCUT2D eigenvalue weighted by Gasteiger charge is -2.35. The van der Waals surface area contributed by atoms with Crippen molar-refractivity contribution in [3.8, 4) is 0 Å². The van der Waals surface area contributed by atoms with Crippen LogP contribution in [0.25, 0.3) is 0 Å². The molecule has 0 aliphatic carbocycles. The van der Waals surface area contributed by atoms with Crippen molar-refractivity contribution in [2.75, 3.05) is 38.5 Å². The number of benzene rings is 1. The molecule has 0 unspecified atom stereocenters. The number of carbonyl (C=O) groups excluding carboxylic acids is 4. The van der Waals surface area contributed by atoms with Gasteiger partial charge in [-0.05, 0) is 12.1 Å². The third-order valence-electron chi connectivity index (χ3n) is 4.84. The van der Waals surface area contributed by atoms with Crippen LogP contribution in [0.4, 0.5) is 5.69 Å². The minimum atomic E-state index is -0.476. The molecule has 2 saturated heterocycles. The number of carbonyl (C=O) groups is 4. The molecule has 0 aromatic heterocycles. The van der Waals surface area contributed by atoms with Gasteiger partial charge in [-0.15, -0.1) is 11.8 Å². The number of nitro groups is 1. The largest absolute Gasteiger partial charge is 0.338 e. The number of imide groups is 1. The third-order valence-corrected chi connectivity index (χ3v) is 5.84. The van der Waals surface area contributed by atoms with Crippen molar-refractivity contribution < 1.29 is 24.1 Å². The molecular weight excluding hydrogens is 400 g/mol. The van der Waals surface area contributed by atoms with Gasteiger partial charge < -0.3 is 9.80 Å². The normalized spacial score (nSPS) is 17.0. The molecule has 4 amide bonds. The fourth-order valence-electron chi connectivity index (χ4n) is 3.14. The lowest BCUT2D eigenvalue weighted by molar-refractivity contribution is -0.384. The van der Waals surface area contributed by atoms with E-state index in [1.807, 2.05) is 0 Å². The quantitative estimate of drug-likeness (QED) is 0.284. The summed E-state index contributed by atoms with van der Waals surface area (Å²) in [6, 6.07) is 6.00. The molecule has 2 fully saturated rings. The molecule has 29 heavy (non-hydrogen) atoms. The Hall–Kier alpha value is -2.95. The van der Waals surface area contributed by atoms with Crippen molar-refractivity contribution in [2.24, 2.45) is 0 Å². The smallest absolute Gasteiger partial charge is 0.269 e. The van der Waals surface area contributed by atoms with E-state index in [1.54, 1.807) is 21.9 Å². The SMILES string of the molecule is O=C(CSc1ccc([N+](=O)[O-])cc1)N1CCN(C(=O)CN2C(=O)CCC2=O)CC1. The first kappa shape index (κ1) is 20.8. The van der Waals surface area contributed by atoms with Gasteiger partial charge in [-0.2, -0.15) is 0 Å². The van der Waals surface area contributed by atoms with Gasteiger partial charge in [0, 0.05) is 56.0 Å². The van der Waals surface area contributed by atoms with Crippen LogP contribution in [0.15, 0.2) is 29.2 Å². The second kappa shape index (κ2) is 9.03. The van der Waals surface area contributed by atoms with E-state index >= 15 is 0 Å². The number of hydrogen-bond donors (Lipinski definition) is 0. The Morgan fingerprint density at radius 3 is 1.97 bits per heavy atom. The fourth-order valence-corrected chi connectivity index (χ4v) is 3.94. The molecule has 2 aliphatic heterocycles. The van der Waals surface area contributed by atoms with Crippen molar-refractivity contribution in [1.82, 2.24) is 14.7 Å². The number of amides is 4. The summed E-state index contributed by atoms with van der Waals surface area (Å²) in [5.74, 6) is -0.810. The highest BCUT2D eigenvalue weighted by Crippen LogP contribution is 2.22. The fraction of sp³-hybridized carbons (Fsp3) is 0.444. The monoisotopic (exact) mass is 420 g/mol. The Morgan fingerprint density at radius 2 is 1.45 bits per heavy atom. The van der Waals surface area contributed by atoms with E-state index in [9.17, 15) is 29.3 Å². The van der Waals surface area contributed by atoms with E-state index in [4.69, 9.17) is 0 Å². The van der Waals surface area contributed by atoms with Gasteiger partial charge in [0.15, 0.2) is 0 Å². The van der Waals surface area contributed by atoms with Gasteiger partial charge >= 0.3 is 0 Å². The summed E-state index contributed by atoms with van der Waals surface area (Å²) >= 11 is 1.30. The van der Waals surface area contributed by atoms with Gasteiger partial charge in [0.1, 0.15) is 6.54 Å². The number of hydrogen-bond acceptors (Lipinski definition) is 7. The van der Waals surface area contributed by atoms with E-state index in [1.165, 1.54) is 23.9 Å². The minimum Gasteiger partial charge on any atom is -0.338 e. The lowest BCUT2D eigenvalue weighted by atomic mass is 10.3. The predicted octanol–water partition coefficient (Wildman–Crippen LogP) is 0.507. The zero-order valence-corrected chi connectivity index (χ0v) is 16.4. The van der Waals surface area contributed by atoms with Crippen molar-refractivity contribution in [2.45, 2.75) is 17.7 Å². The zero-order chi connectivity index (χ0) is 21.0. The van der Waals surface area contributed by atoms with Gasteiger partial charge in [0.2, 0.25) is 23.6 Å². The Kier molecular flexibility index (Phi) is 6.47. The zero-order valence-electron chi connectivity index (χ0n) is 15.6. The maximum Gasteiger partial charge on any atom is 0.269 e. The summed E-state index contributed by atoms with van der Waals surface area (Å²) in [7, 11) is 0. The molecule has 0 radical (unpaired) electrons. The van der Waals surface area contributed by atoms with Crippen LogP contribution in [0.2, 0.25) is 0 Å². The molecule has 0 atom stereocenters. The summed E-state index contributed by atoms with van der Waals surface area (Å²) in [5.41, 5.74) is -0.00111. The Morgan fingerprint density at radius 1 is 0.931 bits per heavy atom. The Labute approximate surface area is 171 Å². The van der Waals surface area contributed by atoms with Crippen molar-refractivity contribution in [1.29, 1.82) is 0 Å². The number of non-ortho nitro benzene ring substituents is 1. The van der Waals surface area contributed by atoms with Gasteiger partial charge in [0.25, 0.3) is 5.69 Å². The van der Waals surface area contributed by atoms with Gasteiger partial charge in [-0.3, -0.25) is 34.2 Å². The summed E-state index contributed by atoms with van der Waals surface area (Å²) in [4.78, 5) is 63.1. The average Bonchev–Trinajstić information content (AvgIpc) is 3.04. The van der Waals surface area contributed by atoms with Gasteiger partial charge in [0.05, 0.1) is 10.7 Å². The van der Waals surface area contributed by atoms with Crippen LogP contribution >= 0.6 is 11.8 Å². The molecule has 0 spiro atoms. The molecule has 11 heteroatoms. The number of rotatable bonds is 6. The third kappa shape index (κ3) is 5.11. The first-order valence-corrected chi connectivity index (χ1v) is 10.1. The summed E-state index contributed by atoms with van der Waals surface area (Å²) < 4.78 is 0. The van der Waals surface area contributed by atoms with Crippen LogP contribution in [0.3, 0.4) is 0 Å². The number of likely N-dealkylation sites (tertiary alicyclic amines) is 1. The molecule has 0 bridgehead atoms. The average molecular weight is 420 g/mol. The van der Waals surface area contributed by atoms with Crippen molar-refractivity contribution in [3.05, 3.63) is 34.4 Å². The summed E-state index contributed by atoms with van der Waals surface area (Å²) in [5, 5.41) is 10.7. The molecule has 2 heterocycles. The summed E-state index contributed by atoms with van der Waals surface area (Å²) in [6.07, 6.45) is 0.307. The first-order valence-electron chi connectivity index (χ1n) is 9.11. The Bertz CT molecular complexity index is 819. The topological polar surface area (TPSA) is 121 Å². The molecule has 0 N–H and O–H groups in total. The van der Waals surface area contributed by atoms with Crippen LogP contribution in [0.5, 0.6) is 0 Å². The Balaban J connectivity index is 1.43. The highest BCUT2D eigenvalue weighted by atomic mass is 32.2. The van der Waals surface area contributed by atoms with Gasteiger partial charge in [-0.25, -0.2) is 0 Å². The molecule has 2 aliphatic rings. The van der Waals surface area contributed by atoms with E-state index < -0.39 is 4.92 Å².